The molecule has 1 aliphatic rings. The van der Waals surface area contributed by atoms with Crippen LogP contribution in [-0.4, -0.2) is 10.2 Å². The number of benzene rings is 1. The molecule has 84 valence electrons. The van der Waals surface area contributed by atoms with E-state index in [4.69, 9.17) is 0 Å². The van der Waals surface area contributed by atoms with Gasteiger partial charge >= 0.3 is 0 Å². The van der Waals surface area contributed by atoms with E-state index in [1.165, 1.54) is 0 Å². The standard InChI is InChI=1S/C14H16O2/c1-10-7-11(2)9-12(8-10)14(16)5-3-13(15)4-6-14/h3-5,7-9,15-16H,6H2,1-2H3. The molecule has 2 N–H and O–H groups in total. The van der Waals surface area contributed by atoms with Crippen molar-refractivity contribution in [3.63, 3.8) is 0 Å². The van der Waals surface area contributed by atoms with E-state index in [0.29, 0.717) is 6.42 Å². The van der Waals surface area contributed by atoms with Gasteiger partial charge in [0, 0.05) is 6.42 Å². The van der Waals surface area contributed by atoms with E-state index < -0.39 is 5.60 Å². The van der Waals surface area contributed by atoms with Crippen LogP contribution >= 0.6 is 0 Å². The zero-order valence-corrected chi connectivity index (χ0v) is 9.57. The van der Waals surface area contributed by atoms with E-state index in [-0.39, 0.29) is 5.76 Å². The average molecular weight is 216 g/mol. The first-order valence-corrected chi connectivity index (χ1v) is 5.39. The van der Waals surface area contributed by atoms with E-state index in [1.807, 2.05) is 26.0 Å². The molecule has 1 aromatic carbocycles. The zero-order chi connectivity index (χ0) is 11.8. The predicted molar refractivity (Wildman–Crippen MR) is 64.3 cm³/mol. The van der Waals surface area contributed by atoms with Crippen molar-refractivity contribution in [2.45, 2.75) is 25.9 Å². The quantitative estimate of drug-likeness (QED) is 0.757. The van der Waals surface area contributed by atoms with E-state index >= 15 is 0 Å². The molecule has 1 aliphatic carbocycles. The largest absolute Gasteiger partial charge is 0.508 e. The van der Waals surface area contributed by atoms with E-state index in [0.717, 1.165) is 16.7 Å². The third-order valence-electron chi connectivity index (χ3n) is 2.87. The van der Waals surface area contributed by atoms with Crippen molar-refractivity contribution in [1.82, 2.24) is 0 Å². The highest BCUT2D eigenvalue weighted by Crippen LogP contribution is 2.31. The highest BCUT2D eigenvalue weighted by Gasteiger charge is 2.27. The molecule has 2 nitrogen and oxygen atoms in total. The summed E-state index contributed by atoms with van der Waals surface area (Å²) < 4.78 is 0. The molecular formula is C14H16O2. The van der Waals surface area contributed by atoms with E-state index in [9.17, 15) is 10.2 Å². The second-order valence-corrected chi connectivity index (χ2v) is 4.47. The lowest BCUT2D eigenvalue weighted by Gasteiger charge is -2.27. The minimum absolute atomic E-state index is 0.217. The molecule has 2 heteroatoms. The molecule has 1 aromatic rings. The van der Waals surface area contributed by atoms with Crippen molar-refractivity contribution in [1.29, 1.82) is 0 Å². The SMILES string of the molecule is Cc1cc(C)cc(C2(O)C=CC(O)=CC2)c1. The number of hydrogen-bond donors (Lipinski definition) is 2. The summed E-state index contributed by atoms with van der Waals surface area (Å²) in [4.78, 5) is 0. The maximum atomic E-state index is 10.5. The van der Waals surface area contributed by atoms with Crippen molar-refractivity contribution in [2.24, 2.45) is 0 Å². The topological polar surface area (TPSA) is 40.5 Å². The van der Waals surface area contributed by atoms with Gasteiger partial charge < -0.3 is 10.2 Å². The lowest BCUT2D eigenvalue weighted by molar-refractivity contribution is 0.0892. The molecule has 1 unspecified atom stereocenters. The van der Waals surface area contributed by atoms with Crippen molar-refractivity contribution >= 4 is 0 Å². The fourth-order valence-electron chi connectivity index (χ4n) is 2.06. The number of rotatable bonds is 1. The van der Waals surface area contributed by atoms with Crippen LogP contribution in [-0.2, 0) is 5.60 Å². The van der Waals surface area contributed by atoms with Gasteiger partial charge in [-0.25, -0.2) is 0 Å². The number of aryl methyl sites for hydroxylation is 2. The molecule has 2 rings (SSSR count). The number of aliphatic hydroxyl groups is 2. The summed E-state index contributed by atoms with van der Waals surface area (Å²) >= 11 is 0. The molecule has 0 saturated heterocycles. The molecule has 0 aromatic heterocycles. The van der Waals surface area contributed by atoms with Gasteiger partial charge in [0.25, 0.3) is 0 Å². The summed E-state index contributed by atoms with van der Waals surface area (Å²) in [6, 6.07) is 6.04. The van der Waals surface area contributed by atoms with Crippen LogP contribution in [0.3, 0.4) is 0 Å². The summed E-state index contributed by atoms with van der Waals surface area (Å²) in [5, 5.41) is 19.7. The molecule has 0 bridgehead atoms. The Morgan fingerprint density at radius 3 is 2.25 bits per heavy atom. The molecule has 0 fully saturated rings. The first-order valence-electron chi connectivity index (χ1n) is 5.39. The maximum absolute atomic E-state index is 10.5. The van der Waals surface area contributed by atoms with Crippen LogP contribution in [0, 0.1) is 13.8 Å². The van der Waals surface area contributed by atoms with Gasteiger partial charge in [0.1, 0.15) is 11.4 Å². The van der Waals surface area contributed by atoms with Crippen LogP contribution in [0.1, 0.15) is 23.1 Å². The molecule has 1 atom stereocenters. The molecule has 0 heterocycles. The average Bonchev–Trinajstić information content (AvgIpc) is 2.21. The summed E-state index contributed by atoms with van der Waals surface area (Å²) in [5.41, 5.74) is 2.17. The van der Waals surface area contributed by atoms with E-state index in [2.05, 4.69) is 6.07 Å². The Labute approximate surface area is 95.6 Å². The molecule has 0 aliphatic heterocycles. The van der Waals surface area contributed by atoms with Gasteiger partial charge in [-0.3, -0.25) is 0 Å². The number of hydrogen-bond acceptors (Lipinski definition) is 2. The minimum atomic E-state index is -0.983. The van der Waals surface area contributed by atoms with Gasteiger partial charge in [0.15, 0.2) is 0 Å². The van der Waals surface area contributed by atoms with Gasteiger partial charge in [0.05, 0.1) is 0 Å². The molecular weight excluding hydrogens is 200 g/mol. The Morgan fingerprint density at radius 1 is 1.12 bits per heavy atom. The van der Waals surface area contributed by atoms with Crippen LogP contribution in [0.2, 0.25) is 0 Å². The number of aliphatic hydroxyl groups excluding tert-OH is 1. The summed E-state index contributed by atoms with van der Waals surface area (Å²) in [5.74, 6) is 0.217. The normalized spacial score (nSPS) is 24.3. The highest BCUT2D eigenvalue weighted by molar-refractivity contribution is 5.38. The van der Waals surface area contributed by atoms with Crippen LogP contribution in [0.5, 0.6) is 0 Å². The first kappa shape index (κ1) is 11.0. The number of allylic oxidation sites excluding steroid dienone is 1. The highest BCUT2D eigenvalue weighted by atomic mass is 16.3. The Balaban J connectivity index is 2.41. The van der Waals surface area contributed by atoms with Crippen molar-refractivity contribution < 1.29 is 10.2 Å². The Bertz CT molecular complexity index is 451. The van der Waals surface area contributed by atoms with Crippen LogP contribution in [0.15, 0.2) is 42.2 Å². The molecule has 0 spiro atoms. The van der Waals surface area contributed by atoms with Gasteiger partial charge in [-0.15, -0.1) is 0 Å². The summed E-state index contributed by atoms with van der Waals surface area (Å²) in [7, 11) is 0. The van der Waals surface area contributed by atoms with Crippen LogP contribution < -0.4 is 0 Å². The van der Waals surface area contributed by atoms with Gasteiger partial charge in [0.2, 0.25) is 0 Å². The van der Waals surface area contributed by atoms with Gasteiger partial charge in [-0.2, -0.15) is 0 Å². The first-order chi connectivity index (χ1) is 7.49. The fourth-order valence-corrected chi connectivity index (χ4v) is 2.06. The smallest absolute Gasteiger partial charge is 0.112 e. The maximum Gasteiger partial charge on any atom is 0.112 e. The predicted octanol–water partition coefficient (Wildman–Crippen LogP) is 2.89. The lowest BCUT2D eigenvalue weighted by Crippen LogP contribution is -2.24. The third-order valence-corrected chi connectivity index (χ3v) is 2.87. The monoisotopic (exact) mass is 216 g/mol. The second kappa shape index (κ2) is 3.80. The molecule has 0 radical (unpaired) electrons. The van der Waals surface area contributed by atoms with Gasteiger partial charge in [-0.1, -0.05) is 29.3 Å². The Kier molecular flexibility index (Phi) is 2.60. The van der Waals surface area contributed by atoms with E-state index in [1.54, 1.807) is 18.2 Å². The van der Waals surface area contributed by atoms with Crippen molar-refractivity contribution in [3.8, 4) is 0 Å². The molecule has 0 saturated carbocycles. The minimum Gasteiger partial charge on any atom is -0.508 e. The summed E-state index contributed by atoms with van der Waals surface area (Å²) in [6.45, 7) is 4.03. The zero-order valence-electron chi connectivity index (χ0n) is 9.57. The van der Waals surface area contributed by atoms with Crippen LogP contribution in [0.25, 0.3) is 0 Å². The second-order valence-electron chi connectivity index (χ2n) is 4.47. The Hall–Kier alpha value is -1.54. The van der Waals surface area contributed by atoms with Gasteiger partial charge in [-0.05, 0) is 37.6 Å². The van der Waals surface area contributed by atoms with Crippen molar-refractivity contribution in [3.05, 3.63) is 58.9 Å². The lowest BCUT2D eigenvalue weighted by atomic mass is 9.85. The third kappa shape index (κ3) is 2.02. The van der Waals surface area contributed by atoms with Crippen molar-refractivity contribution in [2.75, 3.05) is 0 Å². The molecule has 16 heavy (non-hydrogen) atoms. The molecule has 0 amide bonds. The van der Waals surface area contributed by atoms with Crippen LogP contribution in [0.4, 0.5) is 0 Å². The fraction of sp³-hybridized carbons (Fsp3) is 0.286. The Morgan fingerprint density at radius 2 is 1.75 bits per heavy atom. The summed E-state index contributed by atoms with van der Waals surface area (Å²) in [6.07, 6.45) is 5.24.